The van der Waals surface area contributed by atoms with Crippen LogP contribution in [0.3, 0.4) is 0 Å². The predicted octanol–water partition coefficient (Wildman–Crippen LogP) is 2.77. The molecule has 3 aromatic carbocycles. The summed E-state index contributed by atoms with van der Waals surface area (Å²) in [5.74, 6) is -11.5. The van der Waals surface area contributed by atoms with Crippen LogP contribution in [-0.4, -0.2) is 123 Å². The number of hydrogen-bond donors (Lipinski definition) is 11. The zero-order valence-corrected chi connectivity index (χ0v) is 41.8. The van der Waals surface area contributed by atoms with E-state index < -0.39 is 134 Å². The van der Waals surface area contributed by atoms with Gasteiger partial charge in [0.05, 0.1) is 6.42 Å². The lowest BCUT2D eigenvalue weighted by Gasteiger charge is -2.32. The Kier molecular flexibility index (Phi) is 23.9. The minimum atomic E-state index is -1.73. The summed E-state index contributed by atoms with van der Waals surface area (Å²) in [5, 5.41) is 46.9. The summed E-state index contributed by atoms with van der Waals surface area (Å²) >= 11 is 4.34. The van der Waals surface area contributed by atoms with Crippen molar-refractivity contribution < 1.29 is 63.3 Å². The van der Waals surface area contributed by atoms with E-state index in [9.17, 15) is 58.5 Å². The van der Waals surface area contributed by atoms with Gasteiger partial charge >= 0.3 is 17.9 Å². The number of rotatable bonds is 29. The first-order chi connectivity index (χ1) is 34.9. The average Bonchev–Trinajstić information content (AvgIpc) is 3.37. The van der Waals surface area contributed by atoms with Gasteiger partial charge in [-0.2, -0.15) is 12.6 Å². The third-order valence-electron chi connectivity index (χ3n) is 12.6. The van der Waals surface area contributed by atoms with E-state index >= 15 is 4.79 Å². The van der Waals surface area contributed by atoms with Crippen LogP contribution < -0.4 is 37.2 Å². The number of carboxylic acid groups (broad SMARTS) is 3. The molecule has 0 aromatic heterocycles. The van der Waals surface area contributed by atoms with Crippen molar-refractivity contribution in [2.45, 2.75) is 133 Å². The Morgan fingerprint density at radius 2 is 0.959 bits per heavy atom. The van der Waals surface area contributed by atoms with Crippen LogP contribution in [0.25, 0.3) is 0 Å². The molecule has 1 unspecified atom stereocenters. The van der Waals surface area contributed by atoms with Gasteiger partial charge in [0.25, 0.3) is 0 Å². The van der Waals surface area contributed by atoms with Gasteiger partial charge in [-0.25, -0.2) is 0 Å². The van der Waals surface area contributed by atoms with Crippen LogP contribution in [0.4, 0.5) is 0 Å². The molecule has 7 amide bonds. The quantitative estimate of drug-likeness (QED) is 0.0447. The van der Waals surface area contributed by atoms with Gasteiger partial charge in [0.2, 0.25) is 41.4 Å². The summed E-state index contributed by atoms with van der Waals surface area (Å²) in [6.45, 7) is 3.24. The van der Waals surface area contributed by atoms with Crippen LogP contribution in [0.5, 0.6) is 0 Å². The second-order valence-electron chi connectivity index (χ2n) is 18.2. The molecule has 4 rings (SSSR count). The molecule has 1 aliphatic carbocycles. The maximum absolute atomic E-state index is 15.0. The van der Waals surface area contributed by atoms with Crippen LogP contribution in [0.2, 0.25) is 0 Å². The van der Waals surface area contributed by atoms with Crippen LogP contribution in [0.15, 0.2) is 91.0 Å². The van der Waals surface area contributed by atoms with Gasteiger partial charge in [-0.15, -0.1) is 0 Å². The van der Waals surface area contributed by atoms with Gasteiger partial charge in [-0.3, -0.25) is 47.9 Å². The lowest BCUT2D eigenvalue weighted by molar-refractivity contribution is -0.141. The summed E-state index contributed by atoms with van der Waals surface area (Å²) in [5.41, 5.74) is 1.94. The number of amides is 7. The van der Waals surface area contributed by atoms with Crippen molar-refractivity contribution in [3.8, 4) is 0 Å². The molecule has 0 spiro atoms. The molecule has 1 aliphatic rings. The Hall–Kier alpha value is -7.29. The van der Waals surface area contributed by atoms with E-state index in [2.05, 4.69) is 49.8 Å². The number of hydrogen-bond acceptors (Lipinski definition) is 11. The average molecular weight is 1030 g/mol. The summed E-state index contributed by atoms with van der Waals surface area (Å²) in [4.78, 5) is 133. The van der Waals surface area contributed by atoms with Crippen LogP contribution in [0, 0.1) is 5.92 Å². The highest BCUT2D eigenvalue weighted by Crippen LogP contribution is 2.30. The number of aliphatic carboxylic acids is 3. The van der Waals surface area contributed by atoms with Crippen LogP contribution in [0.1, 0.15) is 113 Å². The van der Waals surface area contributed by atoms with Crippen molar-refractivity contribution in [1.82, 2.24) is 37.2 Å². The minimum absolute atomic E-state index is 0.00355. The molecule has 20 nitrogen and oxygen atoms in total. The first-order valence-electron chi connectivity index (χ1n) is 24.3. The molecule has 10 N–H and O–H groups in total. The molecule has 7 atom stereocenters. The van der Waals surface area contributed by atoms with Crippen LogP contribution >= 0.6 is 12.6 Å². The van der Waals surface area contributed by atoms with E-state index in [-0.39, 0.29) is 30.6 Å². The topological polar surface area (TPSA) is 316 Å². The lowest BCUT2D eigenvalue weighted by atomic mass is 9.84. The highest BCUT2D eigenvalue weighted by atomic mass is 32.1. The summed E-state index contributed by atoms with van der Waals surface area (Å²) in [6.07, 6.45) is 1.20. The third kappa shape index (κ3) is 19.7. The fourth-order valence-corrected chi connectivity index (χ4v) is 8.95. The van der Waals surface area contributed by atoms with E-state index in [4.69, 9.17) is 0 Å². The number of carbonyl (C=O) groups excluding carboxylic acids is 7. The largest absolute Gasteiger partial charge is 0.481 e. The maximum atomic E-state index is 15.0. The van der Waals surface area contributed by atoms with E-state index in [1.54, 1.807) is 60.7 Å². The van der Waals surface area contributed by atoms with E-state index in [1.165, 1.54) is 0 Å². The summed E-state index contributed by atoms with van der Waals surface area (Å²) in [7, 11) is 0. The molecule has 21 heteroatoms. The van der Waals surface area contributed by atoms with Crippen molar-refractivity contribution in [3.63, 3.8) is 0 Å². The number of benzene rings is 3. The number of carbonyl (C=O) groups is 10. The monoisotopic (exact) mass is 1030 g/mol. The standard InChI is InChI=1S/C52H67N7O13S/c1-31(34-17-9-4-10-18-34)29-53-47(67)41(30-73)58-50(70)39(27-33-15-7-3-8-16-33)57-48(68)37(23-25-42(61)62)56-52(72)46(45(35-19-11-5-12-20-35)36-21-13-6-14-22-36)59-49(69)38(24-26-43(63)64)55-51(71)40(28-44(65)66)54-32(2)60/h4-6,9-14,17-22,31,33,37-41,45-46,73H,3,7-8,15-16,23-30H2,1-2H3,(H,53,67)(H,54,60)(H,55,71)(H,56,72)(H,57,68)(H,58,70)(H,59,69)(H,61,62)(H,63,64)(H,65,66)/t31?,37-,38-,39-,40-,41-,46-/m0/s1. The molecule has 1 fully saturated rings. The number of carboxylic acids is 3. The first-order valence-corrected chi connectivity index (χ1v) is 25.0. The summed E-state index contributed by atoms with van der Waals surface area (Å²) in [6, 6.07) is 17.2. The molecule has 3 aromatic rings. The molecule has 1 saturated carbocycles. The number of thiol groups is 1. The molecule has 394 valence electrons. The predicted molar refractivity (Wildman–Crippen MR) is 271 cm³/mol. The maximum Gasteiger partial charge on any atom is 0.305 e. The number of nitrogens with one attached hydrogen (secondary N) is 7. The lowest BCUT2D eigenvalue weighted by Crippen LogP contribution is -2.61. The van der Waals surface area contributed by atoms with E-state index in [0.717, 1.165) is 44.6 Å². The Balaban J connectivity index is 1.70. The van der Waals surface area contributed by atoms with Gasteiger partial charge in [0.1, 0.15) is 36.3 Å². The van der Waals surface area contributed by atoms with Crippen molar-refractivity contribution in [1.29, 1.82) is 0 Å². The first kappa shape index (κ1) is 58.3. The van der Waals surface area contributed by atoms with Crippen molar-refractivity contribution >= 4 is 71.9 Å². The SMILES string of the molecule is CC(=O)N[C@@H](CC(=O)O)C(=O)N[C@@H](CCC(=O)O)C(=O)N[C@H](C(=O)N[C@@H](CCC(=O)O)C(=O)N[C@@H](CC1CCCCC1)C(=O)N[C@@H](CS)C(=O)NCC(C)c1ccccc1)C(c1ccccc1)c1ccccc1. The van der Waals surface area contributed by atoms with Crippen molar-refractivity contribution in [3.05, 3.63) is 108 Å². The minimum Gasteiger partial charge on any atom is -0.481 e. The van der Waals surface area contributed by atoms with Gasteiger partial charge < -0.3 is 52.5 Å². The second-order valence-corrected chi connectivity index (χ2v) is 18.6. The van der Waals surface area contributed by atoms with E-state index in [1.807, 2.05) is 37.3 Å². The Labute approximate surface area is 429 Å². The van der Waals surface area contributed by atoms with E-state index in [0.29, 0.717) is 11.1 Å². The fourth-order valence-electron chi connectivity index (χ4n) is 8.69. The fraction of sp³-hybridized carbons (Fsp3) is 0.462. The summed E-state index contributed by atoms with van der Waals surface area (Å²) < 4.78 is 0. The van der Waals surface area contributed by atoms with Gasteiger partial charge in [-0.1, -0.05) is 130 Å². The molecule has 0 aliphatic heterocycles. The molecular weight excluding hydrogens is 963 g/mol. The normalized spacial score (nSPS) is 15.3. The van der Waals surface area contributed by atoms with Crippen LogP contribution in [-0.2, 0) is 47.9 Å². The molecule has 0 bridgehead atoms. The highest BCUT2D eigenvalue weighted by molar-refractivity contribution is 7.80. The van der Waals surface area contributed by atoms with Gasteiger partial charge in [0, 0.05) is 38.0 Å². The van der Waals surface area contributed by atoms with Gasteiger partial charge in [-0.05, 0) is 47.8 Å². The van der Waals surface area contributed by atoms with Gasteiger partial charge in [0.15, 0.2) is 0 Å². The Morgan fingerprint density at radius 3 is 1.44 bits per heavy atom. The molecule has 0 heterocycles. The Bertz CT molecular complexity index is 2300. The zero-order valence-electron chi connectivity index (χ0n) is 40.9. The van der Waals surface area contributed by atoms with Crippen molar-refractivity contribution in [2.24, 2.45) is 5.92 Å². The molecule has 0 saturated heterocycles. The highest BCUT2D eigenvalue weighted by Gasteiger charge is 2.39. The third-order valence-corrected chi connectivity index (χ3v) is 12.9. The molecule has 0 radical (unpaired) electrons. The smallest absolute Gasteiger partial charge is 0.305 e. The zero-order chi connectivity index (χ0) is 53.5. The molecular formula is C52H67N7O13S. The molecule has 73 heavy (non-hydrogen) atoms. The second kappa shape index (κ2) is 29.9. The van der Waals surface area contributed by atoms with Crippen molar-refractivity contribution in [2.75, 3.05) is 12.3 Å². The Morgan fingerprint density at radius 1 is 0.521 bits per heavy atom.